The second-order valence-electron chi connectivity index (χ2n) is 5.09. The summed E-state index contributed by atoms with van der Waals surface area (Å²) in [4.78, 5) is 15.9. The van der Waals surface area contributed by atoms with Crippen molar-refractivity contribution in [1.82, 2.24) is 15.0 Å². The van der Waals surface area contributed by atoms with Gasteiger partial charge in [0.15, 0.2) is 0 Å². The van der Waals surface area contributed by atoms with Gasteiger partial charge in [-0.1, -0.05) is 6.07 Å². The smallest absolute Gasteiger partial charge is 0.150 e. The minimum absolute atomic E-state index is 0.515. The molecule has 3 aromatic rings. The number of hydrogen-bond acceptors (Lipinski definition) is 5. The lowest BCUT2D eigenvalue weighted by molar-refractivity contribution is 0.510. The Bertz CT molecular complexity index is 747. The Hall–Kier alpha value is -2.01. The van der Waals surface area contributed by atoms with Crippen LogP contribution in [0.4, 0.5) is 5.82 Å². The van der Waals surface area contributed by atoms with Crippen LogP contribution in [0.2, 0.25) is 0 Å². The van der Waals surface area contributed by atoms with Crippen molar-refractivity contribution >= 4 is 27.4 Å². The van der Waals surface area contributed by atoms with Gasteiger partial charge in [0.25, 0.3) is 0 Å². The maximum atomic E-state index is 4.63. The van der Waals surface area contributed by atoms with E-state index in [4.69, 9.17) is 0 Å². The molecule has 20 heavy (non-hydrogen) atoms. The highest BCUT2D eigenvalue weighted by Crippen LogP contribution is 2.35. The molecule has 1 aliphatic rings. The highest BCUT2D eigenvalue weighted by atomic mass is 32.1. The van der Waals surface area contributed by atoms with Crippen LogP contribution in [-0.4, -0.2) is 28.0 Å². The van der Waals surface area contributed by atoms with Crippen molar-refractivity contribution < 1.29 is 0 Å². The molecule has 0 aliphatic carbocycles. The number of hydrogen-bond donors (Lipinski definition) is 0. The van der Waals surface area contributed by atoms with E-state index >= 15 is 0 Å². The lowest BCUT2D eigenvalue weighted by atomic mass is 9.96. The van der Waals surface area contributed by atoms with Crippen LogP contribution in [-0.2, 0) is 0 Å². The molecule has 0 unspecified atom stereocenters. The number of rotatable bonds is 2. The van der Waals surface area contributed by atoms with Crippen molar-refractivity contribution in [2.45, 2.75) is 12.8 Å². The van der Waals surface area contributed by atoms with Crippen LogP contribution < -0.4 is 4.90 Å². The van der Waals surface area contributed by atoms with Crippen molar-refractivity contribution in [2.75, 3.05) is 18.0 Å². The van der Waals surface area contributed by atoms with Gasteiger partial charge in [-0.05, 0) is 30.5 Å². The number of pyridine rings is 1. The van der Waals surface area contributed by atoms with Gasteiger partial charge in [0, 0.05) is 30.9 Å². The maximum absolute atomic E-state index is 4.63. The molecule has 3 aromatic heterocycles. The number of nitrogens with zero attached hydrogens (tertiary/aromatic N) is 4. The van der Waals surface area contributed by atoms with Crippen molar-refractivity contribution in [3.05, 3.63) is 47.4 Å². The van der Waals surface area contributed by atoms with Gasteiger partial charge in [0.2, 0.25) is 0 Å². The summed E-state index contributed by atoms with van der Waals surface area (Å²) in [5.74, 6) is 2.43. The summed E-state index contributed by atoms with van der Waals surface area (Å²) in [6.07, 6.45) is 1.87. The zero-order chi connectivity index (χ0) is 13.5. The first kappa shape index (κ1) is 11.8. The maximum Gasteiger partial charge on any atom is 0.150 e. The lowest BCUT2D eigenvalue weighted by Crippen LogP contribution is -2.45. The third kappa shape index (κ3) is 1.86. The van der Waals surface area contributed by atoms with E-state index in [1.54, 1.807) is 11.3 Å². The summed E-state index contributed by atoms with van der Waals surface area (Å²) in [5.41, 5.74) is 2.23. The Kier molecular flexibility index (Phi) is 2.67. The molecule has 0 bridgehead atoms. The zero-order valence-corrected chi connectivity index (χ0v) is 12.0. The fourth-order valence-corrected chi connectivity index (χ4v) is 3.48. The van der Waals surface area contributed by atoms with Gasteiger partial charge in [-0.25, -0.2) is 9.97 Å². The molecule has 1 saturated heterocycles. The average Bonchev–Trinajstić information content (AvgIpc) is 2.86. The molecule has 1 fully saturated rings. The molecular formula is C15H14N4S. The molecule has 0 spiro atoms. The SMILES string of the molecule is Cc1nc(N2CC(c3ccccn3)C2)c2sccc2n1. The fraction of sp³-hybridized carbons (Fsp3) is 0.267. The standard InChI is InChI=1S/C15H14N4S/c1-10-17-13-5-7-20-14(13)15(18-10)19-8-11(9-19)12-4-2-3-6-16-12/h2-7,11H,8-9H2,1H3. The molecule has 0 radical (unpaired) electrons. The number of fused-ring (bicyclic) bond motifs is 1. The molecule has 1 aliphatic heterocycles. The molecule has 100 valence electrons. The van der Waals surface area contributed by atoms with Gasteiger partial charge in [-0.3, -0.25) is 4.98 Å². The third-order valence-electron chi connectivity index (χ3n) is 3.68. The third-order valence-corrected chi connectivity index (χ3v) is 4.58. The molecule has 5 heteroatoms. The van der Waals surface area contributed by atoms with E-state index in [9.17, 15) is 0 Å². The molecule has 4 rings (SSSR count). The first-order valence-corrected chi connectivity index (χ1v) is 7.57. The van der Waals surface area contributed by atoms with E-state index in [1.165, 1.54) is 10.4 Å². The highest BCUT2D eigenvalue weighted by Gasteiger charge is 2.31. The van der Waals surface area contributed by atoms with Gasteiger partial charge in [-0.2, -0.15) is 0 Å². The summed E-state index contributed by atoms with van der Waals surface area (Å²) in [7, 11) is 0. The highest BCUT2D eigenvalue weighted by molar-refractivity contribution is 7.17. The van der Waals surface area contributed by atoms with Crippen molar-refractivity contribution in [3.8, 4) is 0 Å². The minimum atomic E-state index is 0.515. The Morgan fingerprint density at radius 1 is 1.20 bits per heavy atom. The van der Waals surface area contributed by atoms with Crippen LogP contribution in [0.25, 0.3) is 10.2 Å². The second kappa shape index (κ2) is 4.52. The molecular weight excluding hydrogens is 268 g/mol. The summed E-state index contributed by atoms with van der Waals surface area (Å²) < 4.78 is 1.19. The Balaban J connectivity index is 1.62. The molecule has 0 N–H and O–H groups in total. The number of anilines is 1. The van der Waals surface area contributed by atoms with E-state index in [0.29, 0.717) is 5.92 Å². The van der Waals surface area contributed by atoms with Crippen molar-refractivity contribution in [1.29, 1.82) is 0 Å². The predicted molar refractivity (Wildman–Crippen MR) is 81.3 cm³/mol. The molecule has 0 saturated carbocycles. The van der Waals surface area contributed by atoms with Crippen LogP contribution in [0, 0.1) is 6.92 Å². The van der Waals surface area contributed by atoms with E-state index in [0.717, 1.165) is 30.2 Å². The Morgan fingerprint density at radius 3 is 2.90 bits per heavy atom. The first-order valence-electron chi connectivity index (χ1n) is 6.69. The van der Waals surface area contributed by atoms with Crippen LogP contribution >= 0.6 is 11.3 Å². The average molecular weight is 282 g/mol. The monoisotopic (exact) mass is 282 g/mol. The van der Waals surface area contributed by atoms with E-state index in [2.05, 4.69) is 43.4 Å². The quantitative estimate of drug-likeness (QED) is 0.724. The van der Waals surface area contributed by atoms with E-state index < -0.39 is 0 Å². The fourth-order valence-electron chi connectivity index (χ4n) is 2.63. The molecule has 0 aromatic carbocycles. The van der Waals surface area contributed by atoms with E-state index in [-0.39, 0.29) is 0 Å². The second-order valence-corrected chi connectivity index (χ2v) is 6.00. The Labute approximate surface area is 121 Å². The number of aryl methyl sites for hydroxylation is 1. The number of aromatic nitrogens is 3. The Morgan fingerprint density at radius 2 is 2.10 bits per heavy atom. The van der Waals surface area contributed by atoms with Gasteiger partial charge in [-0.15, -0.1) is 11.3 Å². The molecule has 0 atom stereocenters. The van der Waals surface area contributed by atoms with Gasteiger partial charge >= 0.3 is 0 Å². The molecule has 4 heterocycles. The summed E-state index contributed by atoms with van der Waals surface area (Å²) >= 11 is 1.71. The van der Waals surface area contributed by atoms with Gasteiger partial charge in [0.05, 0.1) is 10.2 Å². The van der Waals surface area contributed by atoms with Crippen LogP contribution in [0.15, 0.2) is 35.8 Å². The topological polar surface area (TPSA) is 41.9 Å². The van der Waals surface area contributed by atoms with Gasteiger partial charge < -0.3 is 4.90 Å². The van der Waals surface area contributed by atoms with Crippen LogP contribution in [0.1, 0.15) is 17.4 Å². The van der Waals surface area contributed by atoms with E-state index in [1.807, 2.05) is 19.2 Å². The lowest BCUT2D eigenvalue weighted by Gasteiger charge is -2.40. The summed E-state index contributed by atoms with van der Waals surface area (Å²) in [6.45, 7) is 3.93. The normalized spacial score (nSPS) is 15.6. The van der Waals surface area contributed by atoms with Crippen LogP contribution in [0.3, 0.4) is 0 Å². The van der Waals surface area contributed by atoms with Crippen molar-refractivity contribution in [2.24, 2.45) is 0 Å². The summed E-state index contributed by atoms with van der Waals surface area (Å²) in [5, 5.41) is 2.08. The molecule has 0 amide bonds. The van der Waals surface area contributed by atoms with Crippen LogP contribution in [0.5, 0.6) is 0 Å². The van der Waals surface area contributed by atoms with Crippen molar-refractivity contribution in [3.63, 3.8) is 0 Å². The molecule has 4 nitrogen and oxygen atoms in total. The predicted octanol–water partition coefficient (Wildman–Crippen LogP) is 3.00. The minimum Gasteiger partial charge on any atom is -0.354 e. The summed E-state index contributed by atoms with van der Waals surface area (Å²) in [6, 6.07) is 8.18. The number of thiophene rings is 1. The first-order chi connectivity index (χ1) is 9.81. The zero-order valence-electron chi connectivity index (χ0n) is 11.2. The largest absolute Gasteiger partial charge is 0.354 e. The van der Waals surface area contributed by atoms with Gasteiger partial charge in [0.1, 0.15) is 11.6 Å².